The second kappa shape index (κ2) is 23.4. The number of carbonyl (C=O) groups excluding carboxylic acids is 8. The van der Waals surface area contributed by atoms with Gasteiger partial charge in [-0.05, 0) is 55.0 Å². The molecule has 4 aromatic rings. The second-order valence-corrected chi connectivity index (χ2v) is 18.0. The maximum absolute atomic E-state index is 15.0. The maximum Gasteiger partial charge on any atom is 0.343 e. The monoisotopic (exact) mass is 1020 g/mol. The van der Waals surface area contributed by atoms with Gasteiger partial charge in [-0.15, -0.1) is 0 Å². The van der Waals surface area contributed by atoms with Crippen LogP contribution < -0.4 is 32.7 Å². The molecule has 74 heavy (non-hydrogen) atoms. The van der Waals surface area contributed by atoms with Crippen molar-refractivity contribution in [2.45, 2.75) is 83.7 Å². The minimum atomic E-state index is -2.04. The van der Waals surface area contributed by atoms with Crippen molar-refractivity contribution in [3.05, 3.63) is 110 Å². The molecule has 3 aliphatic heterocycles. The van der Waals surface area contributed by atoms with Crippen LogP contribution in [0.1, 0.15) is 72.4 Å². The van der Waals surface area contributed by atoms with Crippen LogP contribution in [-0.4, -0.2) is 130 Å². The highest BCUT2D eigenvalue weighted by atomic mass is 19.1. The van der Waals surface area contributed by atoms with Crippen LogP contribution in [0.3, 0.4) is 0 Å². The van der Waals surface area contributed by atoms with E-state index in [-0.39, 0.29) is 86.2 Å². The number of carbonyl (C=O) groups is 8. The largest absolute Gasteiger partial charge is 0.458 e. The number of fused-ring (bicyclic) bond motifs is 5. The van der Waals surface area contributed by atoms with E-state index in [9.17, 15) is 52.6 Å². The molecule has 0 bridgehead atoms. The Labute approximate surface area is 423 Å². The fourth-order valence-electron chi connectivity index (χ4n) is 8.78. The summed E-state index contributed by atoms with van der Waals surface area (Å²) >= 11 is 0. The number of ether oxygens (including phenoxy) is 1. The van der Waals surface area contributed by atoms with E-state index in [0.29, 0.717) is 58.3 Å². The molecule has 0 aliphatic carbocycles. The number of nitrogens with one attached hydrogen (secondary N) is 4. The predicted molar refractivity (Wildman–Crippen MR) is 266 cm³/mol. The summed E-state index contributed by atoms with van der Waals surface area (Å²) in [6, 6.07) is 12.1. The van der Waals surface area contributed by atoms with Gasteiger partial charge in [-0.2, -0.15) is 5.10 Å². The molecule has 3 aliphatic rings. The number of hydrogen-bond acceptors (Lipinski definition) is 15. The van der Waals surface area contributed by atoms with Crippen molar-refractivity contribution in [3.8, 4) is 11.4 Å². The number of aliphatic imine (C=N–C) groups is 1. The molecule has 0 saturated carbocycles. The van der Waals surface area contributed by atoms with Crippen LogP contribution in [0.4, 0.5) is 4.39 Å². The van der Waals surface area contributed by atoms with E-state index in [0.717, 1.165) is 4.90 Å². The lowest BCUT2D eigenvalue weighted by Gasteiger charge is -2.31. The second-order valence-electron chi connectivity index (χ2n) is 18.0. The van der Waals surface area contributed by atoms with Gasteiger partial charge in [0.05, 0.1) is 67.4 Å². The molecule has 7 N–H and O–H groups in total. The number of hydrogen-bond donors (Lipinski definition) is 6. The number of imide groups is 1. The molecule has 0 unspecified atom stereocenters. The molecule has 7 rings (SSSR count). The smallest absolute Gasteiger partial charge is 0.343 e. The highest BCUT2D eigenvalue weighted by Crippen LogP contribution is 2.40. The molecule has 7 amide bonds. The molecule has 5 heterocycles. The van der Waals surface area contributed by atoms with E-state index in [2.05, 4.69) is 31.4 Å². The molecular formula is C51H56FN11O11. The summed E-state index contributed by atoms with van der Waals surface area (Å²) in [6.07, 6.45) is 5.44. The van der Waals surface area contributed by atoms with Gasteiger partial charge in [-0.1, -0.05) is 43.7 Å². The maximum atomic E-state index is 15.0. The summed E-state index contributed by atoms with van der Waals surface area (Å²) in [5.41, 5.74) is 1.17. The number of benzene rings is 2. The van der Waals surface area contributed by atoms with E-state index in [1.54, 1.807) is 56.3 Å². The summed E-state index contributed by atoms with van der Waals surface area (Å²) in [5, 5.41) is 25.7. The fourth-order valence-corrected chi connectivity index (χ4v) is 8.78. The van der Waals surface area contributed by atoms with E-state index in [1.807, 2.05) is 0 Å². The zero-order valence-corrected chi connectivity index (χ0v) is 41.0. The molecule has 2 aromatic heterocycles. The number of pyridine rings is 2. The molecule has 388 valence electrons. The molecule has 23 heteroatoms. The van der Waals surface area contributed by atoms with Gasteiger partial charge in [-0.25, -0.2) is 14.2 Å². The third-order valence-electron chi connectivity index (χ3n) is 13.0. The fraction of sp³-hybridized carbons (Fsp3) is 0.373. The molecule has 0 fully saturated rings. The normalized spacial score (nSPS) is 16.1. The van der Waals surface area contributed by atoms with Gasteiger partial charge in [0.2, 0.25) is 29.5 Å². The van der Waals surface area contributed by atoms with Crippen LogP contribution in [0.25, 0.3) is 22.3 Å². The standard InChI is InChI=1S/C51H56FN11O11/c1-4-51(73)36-19-40-47-34(27-63(40)49(71)35(36)28-74-50(51)72)33(32-17-29(2)37(52)20-38(32)59-47)22-54-21-31(60-53)26-61(3)46(69)25-57-48(70)39(18-30-11-7-5-8-12-30)58-43(66)24-56-42(65)23-55-41(64)13-9-6-10-16-62-44(67)14-15-45(62)68/h5,7-8,11-12,14-15,17,19-21,39,73H,4,6,9-10,13,16,18,22-28,53H2,1-3H3,(H,55,64)(H,56,65)(H,57,70)(H,58,66)/b54-21?,60-31+/t39-,51+/m1/s1. The van der Waals surface area contributed by atoms with E-state index < -0.39 is 78.2 Å². The van der Waals surface area contributed by atoms with E-state index >= 15 is 0 Å². The first-order chi connectivity index (χ1) is 35.4. The number of esters is 1. The summed E-state index contributed by atoms with van der Waals surface area (Å²) in [6.45, 7) is 1.64. The van der Waals surface area contributed by atoms with Gasteiger partial charge in [0.25, 0.3) is 17.4 Å². The van der Waals surface area contributed by atoms with Crippen LogP contribution in [-0.2, 0) is 74.8 Å². The zero-order valence-electron chi connectivity index (χ0n) is 41.0. The molecule has 2 aromatic carbocycles. The molecular weight excluding hydrogens is 962 g/mol. The van der Waals surface area contributed by atoms with E-state index in [1.165, 1.54) is 40.9 Å². The Morgan fingerprint density at radius 2 is 1.66 bits per heavy atom. The lowest BCUT2D eigenvalue weighted by molar-refractivity contribution is -0.172. The number of halogens is 1. The molecule has 0 spiro atoms. The number of cyclic esters (lactones) is 1. The summed E-state index contributed by atoms with van der Waals surface area (Å²) in [4.78, 5) is 126. The molecule has 2 atom stereocenters. The number of aryl methyl sites for hydroxylation is 1. The van der Waals surface area contributed by atoms with Crippen molar-refractivity contribution in [2.24, 2.45) is 15.9 Å². The van der Waals surface area contributed by atoms with Crippen molar-refractivity contribution in [1.82, 2.24) is 40.6 Å². The van der Waals surface area contributed by atoms with Crippen LogP contribution in [0.2, 0.25) is 0 Å². The number of aliphatic hydroxyl groups is 1. The van der Waals surface area contributed by atoms with Gasteiger partial charge in [0, 0.05) is 67.4 Å². The van der Waals surface area contributed by atoms with Crippen LogP contribution >= 0.6 is 0 Å². The van der Waals surface area contributed by atoms with Gasteiger partial charge >= 0.3 is 5.97 Å². The highest BCUT2D eigenvalue weighted by molar-refractivity contribution is 6.31. The van der Waals surface area contributed by atoms with Gasteiger partial charge in [0.15, 0.2) is 5.60 Å². The van der Waals surface area contributed by atoms with Crippen molar-refractivity contribution >= 4 is 70.1 Å². The zero-order chi connectivity index (χ0) is 53.3. The average Bonchev–Trinajstić information content (AvgIpc) is 3.92. The summed E-state index contributed by atoms with van der Waals surface area (Å²) < 4.78 is 21.7. The molecule has 22 nitrogen and oxygen atoms in total. The lowest BCUT2D eigenvalue weighted by Crippen LogP contribution is -2.52. The molecule has 0 saturated heterocycles. The quantitative estimate of drug-likeness (QED) is 0.0137. The van der Waals surface area contributed by atoms with Crippen LogP contribution in [0, 0.1) is 12.7 Å². The number of nitrogens with zero attached hydrogens (tertiary/aromatic N) is 6. The van der Waals surface area contributed by atoms with Gasteiger partial charge in [0.1, 0.15) is 18.5 Å². The number of likely N-dealkylation sites (N-methyl/N-ethyl adjacent to an activating group) is 1. The van der Waals surface area contributed by atoms with Crippen molar-refractivity contribution < 1.29 is 52.6 Å². The van der Waals surface area contributed by atoms with Crippen molar-refractivity contribution in [3.63, 3.8) is 0 Å². The minimum Gasteiger partial charge on any atom is -0.458 e. The van der Waals surface area contributed by atoms with Crippen molar-refractivity contribution in [2.75, 3.05) is 39.8 Å². The van der Waals surface area contributed by atoms with Gasteiger partial charge in [-0.3, -0.25) is 48.2 Å². The lowest BCUT2D eigenvalue weighted by atomic mass is 9.86. The Kier molecular flexibility index (Phi) is 16.9. The Morgan fingerprint density at radius 1 is 0.946 bits per heavy atom. The number of nitrogens with two attached hydrogens (primary N) is 1. The van der Waals surface area contributed by atoms with Crippen molar-refractivity contribution in [1.29, 1.82) is 0 Å². The number of aromatic nitrogens is 2. The summed E-state index contributed by atoms with van der Waals surface area (Å²) in [7, 11) is 1.46. The van der Waals surface area contributed by atoms with E-state index in [4.69, 9.17) is 15.6 Å². The third kappa shape index (κ3) is 12.1. The highest BCUT2D eigenvalue weighted by Gasteiger charge is 2.45. The molecule has 0 radical (unpaired) electrons. The topological polar surface area (TPSA) is 306 Å². The number of amides is 7. The Balaban J connectivity index is 0.925. The SMILES string of the molecule is CC[C@@]1(O)C(=O)OCc2c1cc1n(c2=O)Cc2c-1nc1cc(F)c(C)cc1c2CN=C/C(CN(C)C(=O)CNC(=O)[C@@H](Cc1ccccc1)NC(=O)CNC(=O)CNC(=O)CCCCCN1C(=O)C=CC1=O)=N\N. The summed E-state index contributed by atoms with van der Waals surface area (Å²) in [5.74, 6) is 0.633. The Morgan fingerprint density at radius 3 is 2.38 bits per heavy atom. The Hall–Kier alpha value is -8.47. The first kappa shape index (κ1) is 53.3. The predicted octanol–water partition coefficient (Wildman–Crippen LogP) is 0.433. The first-order valence-electron chi connectivity index (χ1n) is 23.9. The van der Waals surface area contributed by atoms with Crippen LogP contribution in [0.5, 0.6) is 0 Å². The minimum absolute atomic E-state index is 0.0209. The number of hydrazone groups is 1. The van der Waals surface area contributed by atoms with Gasteiger partial charge < -0.3 is 46.4 Å². The number of unbranched alkanes of at least 4 members (excludes halogenated alkanes) is 2. The van der Waals surface area contributed by atoms with Crippen LogP contribution in [0.15, 0.2) is 75.6 Å². The average molecular weight is 1020 g/mol. The number of rotatable bonds is 22. The first-order valence-corrected chi connectivity index (χ1v) is 23.9. The third-order valence-corrected chi connectivity index (χ3v) is 13.0. The Bertz CT molecular complexity index is 3070.